The maximum absolute atomic E-state index is 13.6. The lowest BCUT2D eigenvalue weighted by Crippen LogP contribution is -2.52. The molecule has 0 aliphatic carbocycles. The summed E-state index contributed by atoms with van der Waals surface area (Å²) in [4.78, 5) is 28.2. The van der Waals surface area contributed by atoms with Crippen molar-refractivity contribution < 1.29 is 22.7 Å². The van der Waals surface area contributed by atoms with Gasteiger partial charge in [0.25, 0.3) is 0 Å². The predicted molar refractivity (Wildman–Crippen MR) is 147 cm³/mol. The van der Waals surface area contributed by atoms with Gasteiger partial charge in [0, 0.05) is 16.7 Å². The van der Waals surface area contributed by atoms with E-state index >= 15 is 0 Å². The van der Waals surface area contributed by atoms with E-state index in [1.54, 1.807) is 43.5 Å². The Hall–Kier alpha value is -2.34. The van der Waals surface area contributed by atoms with Crippen molar-refractivity contribution in [2.75, 3.05) is 30.8 Å². The molecular weight excluding hydrogens is 581 g/mol. The second-order valence-corrected chi connectivity index (χ2v) is 11.8. The van der Waals surface area contributed by atoms with Gasteiger partial charge in [0.2, 0.25) is 21.8 Å². The Balaban J connectivity index is 2.42. The van der Waals surface area contributed by atoms with Crippen LogP contribution in [-0.2, 0) is 26.2 Å². The Kier molecular flexibility index (Phi) is 10.8. The van der Waals surface area contributed by atoms with Crippen molar-refractivity contribution in [3.8, 4) is 5.75 Å². The summed E-state index contributed by atoms with van der Waals surface area (Å²) >= 11 is 2.13. The minimum absolute atomic E-state index is 0.133. The molecule has 2 aromatic rings. The Morgan fingerprint density at radius 1 is 1.11 bits per heavy atom. The molecule has 1 atom stereocenters. The Bertz CT molecular complexity index is 1110. The molecule has 0 heterocycles. The smallest absolute Gasteiger partial charge is 0.244 e. The number of sulfonamides is 1. The number of ether oxygens (including phenoxy) is 1. The Morgan fingerprint density at radius 2 is 1.77 bits per heavy atom. The number of hydrogen-bond acceptors (Lipinski definition) is 5. The number of nitrogens with zero attached hydrogens (tertiary/aromatic N) is 2. The minimum atomic E-state index is -3.75. The molecule has 0 saturated carbocycles. The van der Waals surface area contributed by atoms with Crippen molar-refractivity contribution in [2.45, 2.75) is 39.8 Å². The van der Waals surface area contributed by atoms with Crippen molar-refractivity contribution in [3.05, 3.63) is 57.7 Å². The van der Waals surface area contributed by atoms with Crippen LogP contribution in [0.5, 0.6) is 5.75 Å². The highest BCUT2D eigenvalue weighted by Gasteiger charge is 2.31. The van der Waals surface area contributed by atoms with Gasteiger partial charge in [0.05, 0.1) is 19.1 Å². The molecule has 0 aromatic heterocycles. The maximum Gasteiger partial charge on any atom is 0.244 e. The van der Waals surface area contributed by atoms with Gasteiger partial charge in [-0.15, -0.1) is 0 Å². The average molecular weight is 616 g/mol. The first kappa shape index (κ1) is 28.9. The number of methoxy groups -OCH3 is 1. The molecule has 0 saturated heterocycles. The van der Waals surface area contributed by atoms with E-state index in [4.69, 9.17) is 4.74 Å². The number of rotatable bonds is 12. The molecule has 2 amide bonds. The first-order chi connectivity index (χ1) is 16.5. The van der Waals surface area contributed by atoms with Crippen LogP contribution in [0.25, 0.3) is 0 Å². The highest BCUT2D eigenvalue weighted by atomic mass is 127. The van der Waals surface area contributed by atoms with E-state index in [0.717, 1.165) is 19.7 Å². The molecule has 192 valence electrons. The SMILES string of the molecule is CC[C@H](C(=O)NCC(C)C)N(Cc1cccc(OC)c1)C(=O)CN(c1ccc(I)cc1)S(C)(=O)=O. The number of halogens is 1. The average Bonchev–Trinajstić information content (AvgIpc) is 2.81. The fourth-order valence-electron chi connectivity index (χ4n) is 3.53. The molecule has 0 radical (unpaired) electrons. The lowest BCUT2D eigenvalue weighted by atomic mass is 10.1. The summed E-state index contributed by atoms with van der Waals surface area (Å²) in [6, 6.07) is 13.4. The number of hydrogen-bond donors (Lipinski definition) is 1. The summed E-state index contributed by atoms with van der Waals surface area (Å²) < 4.78 is 32.6. The predicted octanol–water partition coefficient (Wildman–Crippen LogP) is 3.65. The summed E-state index contributed by atoms with van der Waals surface area (Å²) in [6.45, 7) is 6.01. The molecule has 0 fully saturated rings. The maximum atomic E-state index is 13.6. The molecule has 0 unspecified atom stereocenters. The molecule has 0 bridgehead atoms. The van der Waals surface area contributed by atoms with E-state index in [0.29, 0.717) is 24.4 Å². The van der Waals surface area contributed by atoms with Crippen LogP contribution in [-0.4, -0.2) is 57.6 Å². The van der Waals surface area contributed by atoms with Gasteiger partial charge in [-0.25, -0.2) is 8.42 Å². The van der Waals surface area contributed by atoms with E-state index in [-0.39, 0.29) is 18.4 Å². The quantitative estimate of drug-likeness (QED) is 0.368. The minimum Gasteiger partial charge on any atom is -0.497 e. The van der Waals surface area contributed by atoms with Crippen LogP contribution < -0.4 is 14.4 Å². The normalized spacial score (nSPS) is 12.2. The standard InChI is InChI=1S/C25H34IN3O5S/c1-6-23(25(31)27-15-18(2)3)28(16-19-8-7-9-22(14-19)34-4)24(30)17-29(35(5,32)33)21-12-10-20(26)11-13-21/h7-14,18,23H,6,15-17H2,1-5H3,(H,27,31)/t23-/m1/s1. The van der Waals surface area contributed by atoms with Crippen molar-refractivity contribution in [1.82, 2.24) is 10.2 Å². The van der Waals surface area contributed by atoms with Crippen LogP contribution in [0.2, 0.25) is 0 Å². The van der Waals surface area contributed by atoms with Crippen LogP contribution in [0.3, 0.4) is 0 Å². The van der Waals surface area contributed by atoms with Crippen molar-refractivity contribution in [1.29, 1.82) is 0 Å². The highest BCUT2D eigenvalue weighted by molar-refractivity contribution is 14.1. The number of carbonyl (C=O) groups is 2. The molecule has 2 rings (SSSR count). The third kappa shape index (κ3) is 8.68. The topological polar surface area (TPSA) is 96.0 Å². The van der Waals surface area contributed by atoms with E-state index in [2.05, 4.69) is 27.9 Å². The Morgan fingerprint density at radius 3 is 2.31 bits per heavy atom. The number of amides is 2. The summed E-state index contributed by atoms with van der Waals surface area (Å²) in [7, 11) is -2.20. The molecular formula is C25H34IN3O5S. The van der Waals surface area contributed by atoms with Gasteiger partial charge >= 0.3 is 0 Å². The van der Waals surface area contributed by atoms with Crippen molar-refractivity contribution in [2.24, 2.45) is 5.92 Å². The zero-order valence-corrected chi connectivity index (χ0v) is 23.8. The van der Waals surface area contributed by atoms with Crippen molar-refractivity contribution in [3.63, 3.8) is 0 Å². The molecule has 0 spiro atoms. The molecule has 2 aromatic carbocycles. The van der Waals surface area contributed by atoms with Gasteiger partial charge in [-0.2, -0.15) is 0 Å². The van der Waals surface area contributed by atoms with Crippen molar-refractivity contribution >= 4 is 50.1 Å². The van der Waals surface area contributed by atoms with Gasteiger partial charge in [0.1, 0.15) is 18.3 Å². The summed E-state index contributed by atoms with van der Waals surface area (Å²) in [5.74, 6) is 0.144. The van der Waals surface area contributed by atoms with Gasteiger partial charge < -0.3 is 15.0 Å². The first-order valence-corrected chi connectivity index (χ1v) is 14.3. The zero-order chi connectivity index (χ0) is 26.2. The molecule has 0 aliphatic heterocycles. The van der Waals surface area contributed by atoms with Crippen LogP contribution in [0.15, 0.2) is 48.5 Å². The number of nitrogens with one attached hydrogen (secondary N) is 1. The van der Waals surface area contributed by atoms with Crippen LogP contribution in [0, 0.1) is 9.49 Å². The van der Waals surface area contributed by atoms with Gasteiger partial charge in [-0.3, -0.25) is 13.9 Å². The fraction of sp³-hybridized carbons (Fsp3) is 0.440. The Labute approximate surface area is 222 Å². The highest BCUT2D eigenvalue weighted by Crippen LogP contribution is 2.22. The van der Waals surface area contributed by atoms with Gasteiger partial charge in [0.15, 0.2) is 0 Å². The van der Waals surface area contributed by atoms with Crippen LogP contribution >= 0.6 is 22.6 Å². The summed E-state index contributed by atoms with van der Waals surface area (Å²) in [5.41, 5.74) is 1.16. The number of anilines is 1. The zero-order valence-electron chi connectivity index (χ0n) is 20.8. The van der Waals surface area contributed by atoms with E-state index < -0.39 is 28.5 Å². The first-order valence-electron chi connectivity index (χ1n) is 11.4. The number of benzene rings is 2. The molecule has 1 N–H and O–H groups in total. The summed E-state index contributed by atoms with van der Waals surface area (Å²) in [5, 5.41) is 2.91. The van der Waals surface area contributed by atoms with E-state index in [1.165, 1.54) is 4.90 Å². The van der Waals surface area contributed by atoms with Crippen LogP contribution in [0.1, 0.15) is 32.8 Å². The molecule has 0 aliphatic rings. The fourth-order valence-corrected chi connectivity index (χ4v) is 4.74. The second kappa shape index (κ2) is 13.1. The molecule has 8 nitrogen and oxygen atoms in total. The third-order valence-corrected chi connectivity index (χ3v) is 7.21. The van der Waals surface area contributed by atoms with Gasteiger partial charge in [-0.05, 0) is 76.9 Å². The molecule has 10 heteroatoms. The third-order valence-electron chi connectivity index (χ3n) is 5.35. The van der Waals surface area contributed by atoms with E-state index in [9.17, 15) is 18.0 Å². The van der Waals surface area contributed by atoms with Crippen LogP contribution in [0.4, 0.5) is 5.69 Å². The lowest BCUT2D eigenvalue weighted by Gasteiger charge is -2.33. The van der Waals surface area contributed by atoms with Gasteiger partial charge in [-0.1, -0.05) is 32.9 Å². The largest absolute Gasteiger partial charge is 0.497 e. The summed E-state index contributed by atoms with van der Waals surface area (Å²) in [6.07, 6.45) is 1.44. The monoisotopic (exact) mass is 615 g/mol. The van der Waals surface area contributed by atoms with E-state index in [1.807, 2.05) is 32.9 Å². The lowest BCUT2D eigenvalue weighted by molar-refractivity contribution is -0.140. The second-order valence-electron chi connectivity index (χ2n) is 8.68. The number of carbonyl (C=O) groups excluding carboxylic acids is 2. The molecule has 35 heavy (non-hydrogen) atoms.